The quantitative estimate of drug-likeness (QED) is 0.153. The number of rotatable bonds is 6. The molecule has 0 unspecified atom stereocenters. The summed E-state index contributed by atoms with van der Waals surface area (Å²) in [6, 6.07) is 93.8. The summed E-state index contributed by atoms with van der Waals surface area (Å²) in [6.07, 6.45) is 0. The van der Waals surface area contributed by atoms with E-state index in [4.69, 9.17) is 0 Å². The molecule has 13 rings (SSSR count). The van der Waals surface area contributed by atoms with Gasteiger partial charge in [-0.3, -0.25) is 0 Å². The molecule has 1 spiro atoms. The van der Waals surface area contributed by atoms with Crippen molar-refractivity contribution in [1.29, 1.82) is 0 Å². The predicted octanol–water partition coefficient (Wildman–Crippen LogP) is 13.7. The molecule has 11 aromatic rings. The number of hydrogen-bond acceptors (Lipinski definition) is 3. The molecule has 0 amide bonds. The molecular formula is C61H41NS2Si. The number of para-hydroxylation sites is 1. The van der Waals surface area contributed by atoms with Crippen LogP contribution in [-0.4, -0.2) is 8.07 Å². The van der Waals surface area contributed by atoms with E-state index in [2.05, 4.69) is 254 Å². The lowest BCUT2D eigenvalue weighted by Gasteiger charge is -2.52. The average Bonchev–Trinajstić information content (AvgIpc) is 3.77. The zero-order valence-corrected chi connectivity index (χ0v) is 38.1. The molecule has 0 bridgehead atoms. The van der Waals surface area contributed by atoms with E-state index in [-0.39, 0.29) is 0 Å². The van der Waals surface area contributed by atoms with Crippen molar-refractivity contribution in [2.45, 2.75) is 15.2 Å². The fourth-order valence-electron chi connectivity index (χ4n) is 11.3. The van der Waals surface area contributed by atoms with Crippen molar-refractivity contribution in [2.75, 3.05) is 4.90 Å². The predicted molar refractivity (Wildman–Crippen MR) is 279 cm³/mol. The van der Waals surface area contributed by atoms with Crippen molar-refractivity contribution >= 4 is 89.2 Å². The third-order valence-corrected chi connectivity index (χ3v) is 21.1. The topological polar surface area (TPSA) is 3.24 Å². The van der Waals surface area contributed by atoms with E-state index in [9.17, 15) is 0 Å². The number of nitrogens with zero attached hydrogens (tertiary/aromatic N) is 1. The van der Waals surface area contributed by atoms with Gasteiger partial charge in [-0.05, 0) is 109 Å². The van der Waals surface area contributed by atoms with Crippen LogP contribution >= 0.6 is 23.1 Å². The molecule has 2 aliphatic rings. The molecule has 4 heteroatoms. The molecule has 1 aromatic heterocycles. The largest absolute Gasteiger partial charge is 0.310 e. The average molecular weight is 880 g/mol. The van der Waals surface area contributed by atoms with Gasteiger partial charge in [0.15, 0.2) is 8.07 Å². The van der Waals surface area contributed by atoms with E-state index in [1.54, 1.807) is 0 Å². The maximum absolute atomic E-state index is 2.95. The van der Waals surface area contributed by atoms with Crippen LogP contribution in [0, 0.1) is 0 Å². The van der Waals surface area contributed by atoms with Gasteiger partial charge in [-0.15, -0.1) is 11.3 Å². The van der Waals surface area contributed by atoms with Gasteiger partial charge in [-0.25, -0.2) is 0 Å². The fraction of sp³-hybridized carbons (Fsp3) is 0.0164. The molecular weight excluding hydrogens is 839 g/mol. The van der Waals surface area contributed by atoms with Gasteiger partial charge in [0.1, 0.15) is 0 Å². The summed E-state index contributed by atoms with van der Waals surface area (Å²) in [6.45, 7) is 0. The smallest absolute Gasteiger partial charge is 0.180 e. The molecule has 306 valence electrons. The molecule has 0 N–H and O–H groups in total. The van der Waals surface area contributed by atoms with E-state index >= 15 is 0 Å². The summed E-state index contributed by atoms with van der Waals surface area (Å²) in [7, 11) is -2.95. The number of hydrogen-bond donors (Lipinski definition) is 0. The van der Waals surface area contributed by atoms with Gasteiger partial charge in [0.2, 0.25) is 0 Å². The molecule has 0 atom stereocenters. The second kappa shape index (κ2) is 15.2. The summed E-state index contributed by atoms with van der Waals surface area (Å²) >= 11 is 3.78. The second-order valence-corrected chi connectivity index (χ2v) is 23.0. The SMILES string of the molecule is c1ccc(N(c2ccc(-c3cccc4c3sc3ccccc34)cc2)c2ccc3c(c2)C2(c4ccccc4Sc4ccccc42)c2ccccc2[Si]3(c2ccccc2)c2ccccc2)cc1. The molecule has 2 aliphatic heterocycles. The van der Waals surface area contributed by atoms with E-state index in [1.165, 1.54) is 84.1 Å². The van der Waals surface area contributed by atoms with Gasteiger partial charge in [0, 0.05) is 47.0 Å². The summed E-state index contributed by atoms with van der Waals surface area (Å²) in [5.74, 6) is 0. The highest BCUT2D eigenvalue weighted by Crippen LogP contribution is 2.57. The second-order valence-electron chi connectivity index (χ2n) is 17.1. The van der Waals surface area contributed by atoms with Crippen LogP contribution in [0.15, 0.2) is 259 Å². The Morgan fingerprint density at radius 2 is 0.892 bits per heavy atom. The highest BCUT2D eigenvalue weighted by Gasteiger charge is 2.57. The molecule has 3 heterocycles. The molecule has 1 nitrogen and oxygen atoms in total. The fourth-order valence-corrected chi connectivity index (χ4v) is 19.0. The first-order chi connectivity index (χ1) is 32.2. The monoisotopic (exact) mass is 879 g/mol. The van der Waals surface area contributed by atoms with Crippen LogP contribution in [-0.2, 0) is 5.41 Å². The number of fused-ring (bicyclic) bond motifs is 11. The van der Waals surface area contributed by atoms with Crippen LogP contribution < -0.4 is 25.6 Å². The Bertz CT molecular complexity index is 3500. The Labute approximate surface area is 389 Å². The van der Waals surface area contributed by atoms with E-state index < -0.39 is 13.5 Å². The minimum atomic E-state index is -2.95. The van der Waals surface area contributed by atoms with Crippen LogP contribution in [0.4, 0.5) is 17.1 Å². The van der Waals surface area contributed by atoms with Gasteiger partial charge in [0.05, 0.1) is 5.41 Å². The van der Waals surface area contributed by atoms with Crippen molar-refractivity contribution in [3.8, 4) is 11.1 Å². The third kappa shape index (κ3) is 5.64. The van der Waals surface area contributed by atoms with Crippen LogP contribution in [0.5, 0.6) is 0 Å². The van der Waals surface area contributed by atoms with Crippen molar-refractivity contribution in [1.82, 2.24) is 0 Å². The van der Waals surface area contributed by atoms with Crippen molar-refractivity contribution in [3.63, 3.8) is 0 Å². The molecule has 0 aliphatic carbocycles. The van der Waals surface area contributed by atoms with Crippen molar-refractivity contribution in [2.24, 2.45) is 0 Å². The Morgan fingerprint density at radius 3 is 1.58 bits per heavy atom. The number of thiophene rings is 1. The third-order valence-electron chi connectivity index (χ3n) is 13.9. The Morgan fingerprint density at radius 1 is 0.369 bits per heavy atom. The summed E-state index contributed by atoms with van der Waals surface area (Å²) in [5.41, 5.74) is 10.7. The molecule has 65 heavy (non-hydrogen) atoms. The zero-order valence-electron chi connectivity index (χ0n) is 35.4. The summed E-state index contributed by atoms with van der Waals surface area (Å²) in [5, 5.41) is 8.28. The van der Waals surface area contributed by atoms with Crippen molar-refractivity contribution in [3.05, 3.63) is 271 Å². The Balaban J connectivity index is 1.10. The Hall–Kier alpha value is -7.21. The first kappa shape index (κ1) is 38.3. The lowest BCUT2D eigenvalue weighted by molar-refractivity contribution is 0.707. The molecule has 0 radical (unpaired) electrons. The van der Waals surface area contributed by atoms with Crippen LogP contribution in [0.3, 0.4) is 0 Å². The minimum Gasteiger partial charge on any atom is -0.310 e. The number of anilines is 3. The molecule has 0 saturated heterocycles. The first-order valence-electron chi connectivity index (χ1n) is 22.3. The lowest BCUT2D eigenvalue weighted by atomic mass is 9.64. The van der Waals surface area contributed by atoms with E-state index in [1.807, 2.05) is 23.1 Å². The first-order valence-corrected chi connectivity index (χ1v) is 26.0. The van der Waals surface area contributed by atoms with Gasteiger partial charge in [-0.2, -0.15) is 0 Å². The minimum absolute atomic E-state index is 0.588. The van der Waals surface area contributed by atoms with Crippen LogP contribution in [0.2, 0.25) is 0 Å². The molecule has 10 aromatic carbocycles. The molecule has 0 saturated carbocycles. The Kier molecular flexibility index (Phi) is 8.95. The zero-order chi connectivity index (χ0) is 43.0. The van der Waals surface area contributed by atoms with E-state index in [0.29, 0.717) is 0 Å². The van der Waals surface area contributed by atoms with Crippen molar-refractivity contribution < 1.29 is 0 Å². The molecule has 0 fully saturated rings. The summed E-state index contributed by atoms with van der Waals surface area (Å²) < 4.78 is 2.65. The highest BCUT2D eigenvalue weighted by atomic mass is 32.2. The van der Waals surface area contributed by atoms with Crippen LogP contribution in [0.1, 0.15) is 22.3 Å². The maximum atomic E-state index is 2.57. The highest BCUT2D eigenvalue weighted by molar-refractivity contribution is 7.99. The standard InChI is InChI=1S/C61H41NS2Si/c1-4-19-43(20-5-1)62(44-37-35-42(36-38-44)48-26-18-27-50-49-25-10-14-31-55(49)64-60(48)50)45-39-40-59-54(41-45)61(51-28-11-15-32-56(51)63-57-33-16-12-29-52(57)61)53-30-13-17-34-58(53)65(59,46-21-6-2-7-22-46)47-23-8-3-9-24-47/h1-41H. The number of benzene rings is 10. The van der Waals surface area contributed by atoms with E-state index in [0.717, 1.165) is 17.1 Å². The van der Waals surface area contributed by atoms with Gasteiger partial charge in [-0.1, -0.05) is 206 Å². The van der Waals surface area contributed by atoms with Gasteiger partial charge in [0.25, 0.3) is 0 Å². The lowest BCUT2D eigenvalue weighted by Crippen LogP contribution is -2.79. The normalized spacial score (nSPS) is 14.0. The summed E-state index contributed by atoms with van der Waals surface area (Å²) in [4.78, 5) is 5.06. The maximum Gasteiger partial charge on any atom is 0.180 e. The van der Waals surface area contributed by atoms with Gasteiger partial charge >= 0.3 is 0 Å². The van der Waals surface area contributed by atoms with Crippen LogP contribution in [0.25, 0.3) is 31.3 Å². The van der Waals surface area contributed by atoms with Gasteiger partial charge < -0.3 is 4.90 Å².